The summed E-state index contributed by atoms with van der Waals surface area (Å²) in [5.41, 5.74) is 0.796. The molecule has 0 saturated heterocycles. The number of rotatable bonds is 7. The predicted octanol–water partition coefficient (Wildman–Crippen LogP) is 4.45. The van der Waals surface area contributed by atoms with E-state index in [1.807, 2.05) is 12.1 Å². The monoisotopic (exact) mass is 237 g/mol. The molecule has 0 saturated carbocycles. The van der Waals surface area contributed by atoms with Crippen LogP contribution in [0.3, 0.4) is 0 Å². The van der Waals surface area contributed by atoms with E-state index in [0.29, 0.717) is 6.04 Å². The first kappa shape index (κ1) is 14.2. The van der Waals surface area contributed by atoms with Gasteiger partial charge in [-0.25, -0.2) is 4.39 Å². The number of hydrogen-bond acceptors (Lipinski definition) is 1. The molecule has 2 unspecified atom stereocenters. The summed E-state index contributed by atoms with van der Waals surface area (Å²) in [5.74, 6) is -0.0989. The first-order valence-corrected chi connectivity index (χ1v) is 6.73. The summed E-state index contributed by atoms with van der Waals surface area (Å²) in [7, 11) is 0. The smallest absolute Gasteiger partial charge is 0.127 e. The number of halogens is 1. The summed E-state index contributed by atoms with van der Waals surface area (Å²) in [6.07, 6.45) is 4.33. The van der Waals surface area contributed by atoms with Gasteiger partial charge in [0, 0.05) is 17.6 Å². The summed E-state index contributed by atoms with van der Waals surface area (Å²) in [6.45, 7) is 6.47. The van der Waals surface area contributed by atoms with Crippen molar-refractivity contribution in [1.82, 2.24) is 5.32 Å². The van der Waals surface area contributed by atoms with Gasteiger partial charge in [0.2, 0.25) is 0 Å². The minimum absolute atomic E-state index is 0.0989. The molecule has 17 heavy (non-hydrogen) atoms. The molecular formula is C15H24FN. The van der Waals surface area contributed by atoms with E-state index in [2.05, 4.69) is 26.1 Å². The first-order valence-electron chi connectivity index (χ1n) is 6.73. The summed E-state index contributed by atoms with van der Waals surface area (Å²) >= 11 is 0. The quantitative estimate of drug-likeness (QED) is 0.739. The average molecular weight is 237 g/mol. The van der Waals surface area contributed by atoms with Crippen molar-refractivity contribution in [3.8, 4) is 0 Å². The molecular weight excluding hydrogens is 213 g/mol. The number of nitrogens with one attached hydrogen (secondary N) is 1. The third-order valence-electron chi connectivity index (χ3n) is 3.26. The van der Waals surface area contributed by atoms with Crippen molar-refractivity contribution in [2.75, 3.05) is 0 Å². The largest absolute Gasteiger partial charge is 0.307 e. The molecule has 0 spiro atoms. The molecule has 1 N–H and O–H groups in total. The van der Waals surface area contributed by atoms with E-state index in [1.54, 1.807) is 12.1 Å². The lowest BCUT2D eigenvalue weighted by Gasteiger charge is -2.24. The molecule has 0 heterocycles. The van der Waals surface area contributed by atoms with E-state index in [9.17, 15) is 4.39 Å². The van der Waals surface area contributed by atoms with Crippen molar-refractivity contribution in [2.24, 2.45) is 0 Å². The van der Waals surface area contributed by atoms with Gasteiger partial charge in [-0.3, -0.25) is 0 Å². The zero-order valence-electron chi connectivity index (χ0n) is 11.2. The SMILES string of the molecule is CCCC(CC)NC(CC)c1ccccc1F. The zero-order valence-corrected chi connectivity index (χ0v) is 11.2. The van der Waals surface area contributed by atoms with E-state index in [-0.39, 0.29) is 11.9 Å². The second kappa shape index (κ2) is 7.44. The fourth-order valence-electron chi connectivity index (χ4n) is 2.22. The maximum atomic E-state index is 13.7. The van der Waals surface area contributed by atoms with Crippen molar-refractivity contribution in [3.05, 3.63) is 35.6 Å². The molecule has 0 aliphatic heterocycles. The Morgan fingerprint density at radius 1 is 1.12 bits per heavy atom. The van der Waals surface area contributed by atoms with Crippen LogP contribution in [-0.2, 0) is 0 Å². The Kier molecular flexibility index (Phi) is 6.20. The molecule has 1 aromatic carbocycles. The summed E-state index contributed by atoms with van der Waals surface area (Å²) < 4.78 is 13.7. The number of benzene rings is 1. The van der Waals surface area contributed by atoms with Crippen LogP contribution in [0.15, 0.2) is 24.3 Å². The highest BCUT2D eigenvalue weighted by Gasteiger charge is 2.16. The van der Waals surface area contributed by atoms with Gasteiger partial charge in [-0.05, 0) is 25.3 Å². The van der Waals surface area contributed by atoms with Gasteiger partial charge in [-0.2, -0.15) is 0 Å². The fourth-order valence-corrected chi connectivity index (χ4v) is 2.22. The van der Waals surface area contributed by atoms with Crippen LogP contribution in [-0.4, -0.2) is 6.04 Å². The topological polar surface area (TPSA) is 12.0 Å². The minimum Gasteiger partial charge on any atom is -0.307 e. The lowest BCUT2D eigenvalue weighted by molar-refractivity contribution is 0.386. The van der Waals surface area contributed by atoms with Crippen molar-refractivity contribution in [3.63, 3.8) is 0 Å². The van der Waals surface area contributed by atoms with E-state index in [1.165, 1.54) is 6.42 Å². The van der Waals surface area contributed by atoms with E-state index in [4.69, 9.17) is 0 Å². The van der Waals surface area contributed by atoms with E-state index in [0.717, 1.165) is 24.8 Å². The molecule has 0 aromatic heterocycles. The Morgan fingerprint density at radius 2 is 1.82 bits per heavy atom. The lowest BCUT2D eigenvalue weighted by Crippen LogP contribution is -2.32. The van der Waals surface area contributed by atoms with Crippen molar-refractivity contribution in [1.29, 1.82) is 0 Å². The summed E-state index contributed by atoms with van der Waals surface area (Å²) in [6, 6.07) is 7.70. The molecule has 0 aliphatic carbocycles. The summed E-state index contributed by atoms with van der Waals surface area (Å²) in [5, 5.41) is 3.57. The van der Waals surface area contributed by atoms with Crippen molar-refractivity contribution < 1.29 is 4.39 Å². The predicted molar refractivity (Wildman–Crippen MR) is 71.6 cm³/mol. The molecule has 1 rings (SSSR count). The van der Waals surface area contributed by atoms with Crippen molar-refractivity contribution in [2.45, 2.75) is 58.5 Å². The van der Waals surface area contributed by atoms with Crippen LogP contribution >= 0.6 is 0 Å². The molecule has 0 amide bonds. The van der Waals surface area contributed by atoms with Gasteiger partial charge in [0.15, 0.2) is 0 Å². The molecule has 1 nitrogen and oxygen atoms in total. The fraction of sp³-hybridized carbons (Fsp3) is 0.600. The van der Waals surface area contributed by atoms with Crippen LogP contribution in [0.5, 0.6) is 0 Å². The zero-order chi connectivity index (χ0) is 12.7. The molecule has 1 aromatic rings. The Bertz CT molecular complexity index is 324. The highest BCUT2D eigenvalue weighted by atomic mass is 19.1. The molecule has 2 heteroatoms. The highest BCUT2D eigenvalue weighted by Crippen LogP contribution is 2.21. The normalized spacial score (nSPS) is 14.6. The molecule has 0 aliphatic rings. The second-order valence-corrected chi connectivity index (χ2v) is 4.54. The highest BCUT2D eigenvalue weighted by molar-refractivity contribution is 5.21. The van der Waals surface area contributed by atoms with Crippen LogP contribution < -0.4 is 5.32 Å². The van der Waals surface area contributed by atoms with Crippen LogP contribution in [0.2, 0.25) is 0 Å². The summed E-state index contributed by atoms with van der Waals surface area (Å²) in [4.78, 5) is 0. The van der Waals surface area contributed by atoms with Gasteiger partial charge in [0.25, 0.3) is 0 Å². The first-order chi connectivity index (χ1) is 8.22. The van der Waals surface area contributed by atoms with Crippen LogP contribution in [0.1, 0.15) is 58.1 Å². The van der Waals surface area contributed by atoms with E-state index < -0.39 is 0 Å². The van der Waals surface area contributed by atoms with Gasteiger partial charge in [0.05, 0.1) is 0 Å². The standard InChI is InChI=1S/C15H24FN/c1-4-9-12(5-2)17-15(6-3)13-10-7-8-11-14(13)16/h7-8,10-12,15,17H,4-6,9H2,1-3H3. The molecule has 2 atom stereocenters. The molecule has 96 valence electrons. The maximum Gasteiger partial charge on any atom is 0.127 e. The van der Waals surface area contributed by atoms with Crippen LogP contribution in [0.25, 0.3) is 0 Å². The Labute approximate surface area is 104 Å². The van der Waals surface area contributed by atoms with Crippen molar-refractivity contribution >= 4 is 0 Å². The Hall–Kier alpha value is -0.890. The van der Waals surface area contributed by atoms with Gasteiger partial charge < -0.3 is 5.32 Å². The van der Waals surface area contributed by atoms with Crippen LogP contribution in [0, 0.1) is 5.82 Å². The van der Waals surface area contributed by atoms with Gasteiger partial charge in [-0.1, -0.05) is 45.4 Å². The molecule has 0 radical (unpaired) electrons. The third-order valence-corrected chi connectivity index (χ3v) is 3.26. The third kappa shape index (κ3) is 4.12. The Balaban J connectivity index is 2.74. The minimum atomic E-state index is -0.0989. The van der Waals surface area contributed by atoms with Gasteiger partial charge in [0.1, 0.15) is 5.82 Å². The number of hydrogen-bond donors (Lipinski definition) is 1. The van der Waals surface area contributed by atoms with Crippen LogP contribution in [0.4, 0.5) is 4.39 Å². The second-order valence-electron chi connectivity index (χ2n) is 4.54. The Morgan fingerprint density at radius 3 is 2.35 bits per heavy atom. The van der Waals surface area contributed by atoms with Gasteiger partial charge in [-0.15, -0.1) is 0 Å². The molecule has 0 fully saturated rings. The van der Waals surface area contributed by atoms with Gasteiger partial charge >= 0.3 is 0 Å². The average Bonchev–Trinajstić information content (AvgIpc) is 2.35. The maximum absolute atomic E-state index is 13.7. The van der Waals surface area contributed by atoms with E-state index >= 15 is 0 Å². The molecule has 0 bridgehead atoms. The lowest BCUT2D eigenvalue weighted by atomic mass is 10.0.